The van der Waals surface area contributed by atoms with Gasteiger partial charge in [0.1, 0.15) is 5.75 Å². The van der Waals surface area contributed by atoms with Crippen LogP contribution in [0, 0.1) is 0 Å². The van der Waals surface area contributed by atoms with E-state index in [4.69, 9.17) is 4.74 Å². The largest absolute Gasteiger partial charge is 0.496 e. The summed E-state index contributed by atoms with van der Waals surface area (Å²) in [6.07, 6.45) is 9.30. The van der Waals surface area contributed by atoms with E-state index in [2.05, 4.69) is 15.4 Å². The van der Waals surface area contributed by atoms with Crippen LogP contribution in [0.4, 0.5) is 0 Å². The summed E-state index contributed by atoms with van der Waals surface area (Å²) >= 11 is 0. The van der Waals surface area contributed by atoms with Crippen LogP contribution in [0.15, 0.2) is 53.4 Å². The van der Waals surface area contributed by atoms with Gasteiger partial charge in [-0.15, -0.1) is 0 Å². The molecule has 1 N–H and O–H groups in total. The Kier molecular flexibility index (Phi) is 5.14. The minimum Gasteiger partial charge on any atom is -0.496 e. The Morgan fingerprint density at radius 2 is 2.00 bits per heavy atom. The molecule has 0 saturated heterocycles. The Bertz CT molecular complexity index is 1420. The van der Waals surface area contributed by atoms with E-state index < -0.39 is 0 Å². The molecule has 0 aliphatic rings. The molecule has 0 radical (unpaired) electrons. The number of allylic oxidation sites excluding steroid dienone is 3. The third-order valence-corrected chi connectivity index (χ3v) is 5.58. The molecule has 0 amide bonds. The van der Waals surface area contributed by atoms with Gasteiger partial charge in [-0.2, -0.15) is 5.10 Å². The molecule has 0 spiro atoms. The first kappa shape index (κ1) is 20.5. The van der Waals surface area contributed by atoms with Crippen LogP contribution >= 0.6 is 0 Å². The number of imidazole rings is 1. The van der Waals surface area contributed by atoms with Crippen LogP contribution in [0.5, 0.6) is 5.75 Å². The van der Waals surface area contributed by atoms with Gasteiger partial charge >= 0.3 is 5.69 Å². The number of aryl methyl sites for hydroxylation is 2. The fourth-order valence-electron chi connectivity index (χ4n) is 3.84. The van der Waals surface area contributed by atoms with Crippen molar-refractivity contribution in [2.24, 2.45) is 14.1 Å². The highest BCUT2D eigenvalue weighted by Crippen LogP contribution is 2.36. The van der Waals surface area contributed by atoms with Crippen molar-refractivity contribution in [3.63, 3.8) is 0 Å². The number of methoxy groups -OCH3 is 1. The summed E-state index contributed by atoms with van der Waals surface area (Å²) in [6.45, 7) is 3.95. The zero-order valence-electron chi connectivity index (χ0n) is 18.6. The summed E-state index contributed by atoms with van der Waals surface area (Å²) in [5.74, 6) is 0.702. The van der Waals surface area contributed by atoms with Gasteiger partial charge in [0, 0.05) is 56.1 Å². The van der Waals surface area contributed by atoms with Crippen LogP contribution in [-0.4, -0.2) is 38.1 Å². The van der Waals surface area contributed by atoms with Gasteiger partial charge < -0.3 is 10.1 Å². The van der Waals surface area contributed by atoms with E-state index in [-0.39, 0.29) is 5.69 Å². The van der Waals surface area contributed by atoms with Gasteiger partial charge in [-0.25, -0.2) is 4.79 Å². The Morgan fingerprint density at radius 3 is 2.61 bits per heavy atom. The normalized spacial score (nSPS) is 12.7. The van der Waals surface area contributed by atoms with Crippen LogP contribution < -0.4 is 15.7 Å². The molecule has 8 heteroatoms. The quantitative estimate of drug-likeness (QED) is 0.503. The lowest BCUT2D eigenvalue weighted by atomic mass is 10.0. The average Bonchev–Trinajstić information content (AvgIpc) is 3.32. The van der Waals surface area contributed by atoms with Crippen LogP contribution in [-0.2, 0) is 14.1 Å². The Balaban J connectivity index is 2.17. The first-order chi connectivity index (χ1) is 14.9. The van der Waals surface area contributed by atoms with Gasteiger partial charge in [-0.3, -0.25) is 18.8 Å². The highest BCUT2D eigenvalue weighted by atomic mass is 16.5. The third kappa shape index (κ3) is 3.20. The van der Waals surface area contributed by atoms with Gasteiger partial charge in [-0.1, -0.05) is 6.08 Å². The molecule has 0 atom stereocenters. The molecule has 4 rings (SSSR count). The lowest BCUT2D eigenvalue weighted by Gasteiger charge is -2.13. The molecule has 4 aromatic rings. The SMILES string of the molecule is C/C=C(C)\C(=C/NC)n1c(=O)n(C)c2cnc3cc(OC)c(-c4cnn(C)c4)cc3c21. The van der Waals surface area contributed by atoms with E-state index in [9.17, 15) is 4.79 Å². The Labute approximate surface area is 180 Å². The number of hydrogen-bond donors (Lipinski definition) is 1. The number of nitrogens with one attached hydrogen (secondary N) is 1. The molecule has 3 heterocycles. The molecule has 0 saturated carbocycles. The fourth-order valence-corrected chi connectivity index (χ4v) is 3.84. The van der Waals surface area contributed by atoms with Crippen molar-refractivity contribution in [1.29, 1.82) is 0 Å². The number of pyridine rings is 1. The highest BCUT2D eigenvalue weighted by molar-refractivity contribution is 6.06. The summed E-state index contributed by atoms with van der Waals surface area (Å²) in [4.78, 5) is 17.9. The zero-order chi connectivity index (χ0) is 22.3. The molecule has 0 bridgehead atoms. The summed E-state index contributed by atoms with van der Waals surface area (Å²) in [5.41, 5.74) is 5.75. The maximum atomic E-state index is 13.3. The minimum atomic E-state index is -0.134. The van der Waals surface area contributed by atoms with Crippen molar-refractivity contribution in [1.82, 2.24) is 29.2 Å². The molecular weight excluding hydrogens is 392 g/mol. The highest BCUT2D eigenvalue weighted by Gasteiger charge is 2.20. The molecule has 1 aromatic carbocycles. The van der Waals surface area contributed by atoms with E-state index in [1.54, 1.807) is 40.4 Å². The molecule has 0 aliphatic carbocycles. The summed E-state index contributed by atoms with van der Waals surface area (Å²) in [5, 5.41) is 8.23. The Morgan fingerprint density at radius 1 is 1.23 bits per heavy atom. The molecule has 0 unspecified atom stereocenters. The van der Waals surface area contributed by atoms with E-state index in [1.165, 1.54) is 0 Å². The standard InChI is InChI=1S/C23H26N6O2/c1-7-14(2)19(11-24-3)29-22-17-8-16(15-10-26-27(4)13-15)21(31-6)9-18(17)25-12-20(22)28(5)23(29)30/h7-13,24H,1-6H3/b14-7-,19-11+. The fraction of sp³-hybridized carbons (Fsp3) is 0.261. The van der Waals surface area contributed by atoms with E-state index in [0.717, 1.165) is 44.3 Å². The van der Waals surface area contributed by atoms with Gasteiger partial charge in [0.15, 0.2) is 0 Å². The maximum absolute atomic E-state index is 13.3. The summed E-state index contributed by atoms with van der Waals surface area (Å²) in [7, 11) is 7.11. The average molecular weight is 419 g/mol. The second-order valence-electron chi connectivity index (χ2n) is 7.43. The van der Waals surface area contributed by atoms with Crippen molar-refractivity contribution in [3.05, 3.63) is 59.1 Å². The summed E-state index contributed by atoms with van der Waals surface area (Å²) < 4.78 is 10.8. The first-order valence-corrected chi connectivity index (χ1v) is 9.99. The molecular formula is C23H26N6O2. The third-order valence-electron chi connectivity index (χ3n) is 5.58. The number of rotatable bonds is 5. The van der Waals surface area contributed by atoms with Crippen LogP contribution in [0.3, 0.4) is 0 Å². The van der Waals surface area contributed by atoms with E-state index in [1.807, 2.05) is 58.5 Å². The predicted octanol–water partition coefficient (Wildman–Crippen LogP) is 3.28. The zero-order valence-corrected chi connectivity index (χ0v) is 18.6. The number of ether oxygens (including phenoxy) is 1. The number of fused-ring (bicyclic) bond motifs is 3. The van der Waals surface area contributed by atoms with Crippen molar-refractivity contribution in [2.45, 2.75) is 13.8 Å². The van der Waals surface area contributed by atoms with Gasteiger partial charge in [0.2, 0.25) is 0 Å². The smallest absolute Gasteiger partial charge is 0.333 e. The van der Waals surface area contributed by atoms with Crippen LogP contribution in [0.25, 0.3) is 38.8 Å². The number of hydrogen-bond acceptors (Lipinski definition) is 5. The number of nitrogens with zero attached hydrogens (tertiary/aromatic N) is 5. The molecule has 0 aliphatic heterocycles. The molecule has 8 nitrogen and oxygen atoms in total. The van der Waals surface area contributed by atoms with Crippen molar-refractivity contribution < 1.29 is 4.74 Å². The topological polar surface area (TPSA) is 78.9 Å². The number of benzene rings is 1. The lowest BCUT2D eigenvalue weighted by Crippen LogP contribution is -2.23. The van der Waals surface area contributed by atoms with E-state index in [0.29, 0.717) is 5.75 Å². The van der Waals surface area contributed by atoms with Crippen LogP contribution in [0.2, 0.25) is 0 Å². The Hall–Kier alpha value is -3.81. The minimum absolute atomic E-state index is 0.134. The maximum Gasteiger partial charge on any atom is 0.333 e. The summed E-state index contributed by atoms with van der Waals surface area (Å²) in [6, 6.07) is 3.93. The van der Waals surface area contributed by atoms with Crippen molar-refractivity contribution in [2.75, 3.05) is 14.2 Å². The second-order valence-corrected chi connectivity index (χ2v) is 7.43. The lowest BCUT2D eigenvalue weighted by molar-refractivity contribution is 0.417. The monoisotopic (exact) mass is 418 g/mol. The van der Waals surface area contributed by atoms with Gasteiger partial charge in [0.05, 0.1) is 41.8 Å². The molecule has 3 aromatic heterocycles. The predicted molar refractivity (Wildman–Crippen MR) is 124 cm³/mol. The second kappa shape index (κ2) is 7.79. The molecule has 160 valence electrons. The first-order valence-electron chi connectivity index (χ1n) is 9.99. The van der Waals surface area contributed by atoms with Crippen molar-refractivity contribution >= 4 is 27.6 Å². The van der Waals surface area contributed by atoms with E-state index >= 15 is 0 Å². The van der Waals surface area contributed by atoms with Gasteiger partial charge in [0.25, 0.3) is 0 Å². The van der Waals surface area contributed by atoms with Gasteiger partial charge in [-0.05, 0) is 25.5 Å². The molecule has 31 heavy (non-hydrogen) atoms. The number of aromatic nitrogens is 5. The molecule has 0 fully saturated rings. The van der Waals surface area contributed by atoms with Crippen LogP contribution in [0.1, 0.15) is 13.8 Å². The van der Waals surface area contributed by atoms with Crippen molar-refractivity contribution in [3.8, 4) is 16.9 Å².